The summed E-state index contributed by atoms with van der Waals surface area (Å²) >= 11 is 1.50. The van der Waals surface area contributed by atoms with Crippen molar-refractivity contribution < 1.29 is 17.9 Å². The molecule has 4 rings (SSSR count). The molecular formula is C20H17N3O4S2. The highest BCUT2D eigenvalue weighted by Crippen LogP contribution is 2.35. The molecule has 0 atom stereocenters. The second-order valence-electron chi connectivity index (χ2n) is 6.48. The van der Waals surface area contributed by atoms with E-state index in [1.54, 1.807) is 48.3 Å². The number of nitrogens with one attached hydrogen (secondary N) is 1. The largest absolute Gasteiger partial charge is 0.457 e. The van der Waals surface area contributed by atoms with Gasteiger partial charge < -0.3 is 10.1 Å². The van der Waals surface area contributed by atoms with Crippen LogP contribution in [0.2, 0.25) is 0 Å². The fourth-order valence-electron chi connectivity index (χ4n) is 2.81. The summed E-state index contributed by atoms with van der Waals surface area (Å²) in [6, 6.07) is 13.3. The zero-order chi connectivity index (χ0) is 20.6. The van der Waals surface area contributed by atoms with Crippen molar-refractivity contribution in [2.75, 3.05) is 11.6 Å². The number of ether oxygens (including phenoxy) is 1. The van der Waals surface area contributed by atoms with E-state index in [1.165, 1.54) is 23.5 Å². The molecule has 0 unspecified atom stereocenters. The molecule has 0 aliphatic rings. The maximum absolute atomic E-state index is 12.7. The third-order valence-electron chi connectivity index (χ3n) is 4.23. The normalized spacial score (nSPS) is 11.5. The topological polar surface area (TPSA) is 90.3 Å². The maximum Gasteiger partial charge on any atom is 0.257 e. The fourth-order valence-corrected chi connectivity index (χ4v) is 4.28. The number of hydrogen-bond acceptors (Lipinski definition) is 6. The Hall–Kier alpha value is -3.17. The lowest BCUT2D eigenvalue weighted by molar-refractivity contribution is 0.102. The number of aromatic nitrogens is 2. The lowest BCUT2D eigenvalue weighted by Crippen LogP contribution is -2.12. The molecule has 0 saturated heterocycles. The van der Waals surface area contributed by atoms with Gasteiger partial charge in [-0.3, -0.25) is 9.48 Å². The fraction of sp³-hybridized carbons (Fsp3) is 0.100. The standard InChI is InChI=1S/C20H17N3O4S2/c1-23-9-7-19(22-23)21-20(24)13-11-17(16-8-10-28-18(16)12-13)27-14-3-5-15(6-4-14)29(2,25)26/h3-12H,1-2H3,(H,21,22,24). The molecular weight excluding hydrogens is 410 g/mol. The van der Waals surface area contributed by atoms with Crippen molar-refractivity contribution in [3.05, 3.63) is 65.7 Å². The Bertz CT molecular complexity index is 1310. The van der Waals surface area contributed by atoms with Crippen molar-refractivity contribution in [2.45, 2.75) is 4.90 Å². The maximum atomic E-state index is 12.7. The smallest absolute Gasteiger partial charge is 0.257 e. The Morgan fingerprint density at radius 1 is 1.14 bits per heavy atom. The molecule has 148 valence electrons. The Balaban J connectivity index is 1.65. The molecule has 4 aromatic rings. The minimum absolute atomic E-state index is 0.217. The van der Waals surface area contributed by atoms with E-state index in [2.05, 4.69) is 10.4 Å². The number of aryl methyl sites for hydroxylation is 1. The molecule has 7 nitrogen and oxygen atoms in total. The highest BCUT2D eigenvalue weighted by Gasteiger charge is 2.14. The van der Waals surface area contributed by atoms with Gasteiger partial charge in [0, 0.05) is 41.2 Å². The predicted molar refractivity (Wildman–Crippen MR) is 113 cm³/mol. The first kappa shape index (κ1) is 19.2. The van der Waals surface area contributed by atoms with Gasteiger partial charge in [0.05, 0.1) is 4.90 Å². The van der Waals surface area contributed by atoms with Crippen LogP contribution in [-0.4, -0.2) is 30.4 Å². The number of nitrogens with zero attached hydrogens (tertiary/aromatic N) is 2. The molecule has 1 N–H and O–H groups in total. The van der Waals surface area contributed by atoms with E-state index >= 15 is 0 Å². The van der Waals surface area contributed by atoms with E-state index in [1.807, 2.05) is 11.4 Å². The second-order valence-corrected chi connectivity index (χ2v) is 9.44. The quantitative estimate of drug-likeness (QED) is 0.518. The van der Waals surface area contributed by atoms with Crippen LogP contribution in [0.25, 0.3) is 10.1 Å². The van der Waals surface area contributed by atoms with Crippen molar-refractivity contribution in [1.82, 2.24) is 9.78 Å². The molecule has 29 heavy (non-hydrogen) atoms. The lowest BCUT2D eigenvalue weighted by atomic mass is 10.1. The number of sulfone groups is 1. The molecule has 1 amide bonds. The molecule has 2 heterocycles. The van der Waals surface area contributed by atoms with Crippen LogP contribution in [0.1, 0.15) is 10.4 Å². The van der Waals surface area contributed by atoms with Gasteiger partial charge in [-0.2, -0.15) is 5.10 Å². The van der Waals surface area contributed by atoms with E-state index in [9.17, 15) is 13.2 Å². The van der Waals surface area contributed by atoms with Crippen molar-refractivity contribution in [2.24, 2.45) is 7.05 Å². The van der Waals surface area contributed by atoms with Gasteiger partial charge >= 0.3 is 0 Å². The van der Waals surface area contributed by atoms with Crippen molar-refractivity contribution in [3.8, 4) is 11.5 Å². The SMILES string of the molecule is Cn1ccc(NC(=O)c2cc(Oc3ccc(S(C)(=O)=O)cc3)c3ccsc3c2)n1. The van der Waals surface area contributed by atoms with Gasteiger partial charge in [-0.25, -0.2) is 8.42 Å². The summed E-state index contributed by atoms with van der Waals surface area (Å²) in [5.74, 6) is 1.16. The molecule has 0 aliphatic carbocycles. The van der Waals surface area contributed by atoms with Crippen molar-refractivity contribution in [3.63, 3.8) is 0 Å². The first-order valence-corrected chi connectivity index (χ1v) is 11.4. The van der Waals surface area contributed by atoms with Crippen LogP contribution >= 0.6 is 11.3 Å². The summed E-state index contributed by atoms with van der Waals surface area (Å²) in [5.41, 5.74) is 0.438. The molecule has 0 radical (unpaired) electrons. The molecule has 0 bridgehead atoms. The van der Waals surface area contributed by atoms with Gasteiger partial charge in [-0.15, -0.1) is 11.3 Å². The number of carbonyl (C=O) groups excluding carboxylic acids is 1. The molecule has 9 heteroatoms. The molecule has 0 saturated carbocycles. The van der Waals surface area contributed by atoms with Gasteiger partial charge in [0.1, 0.15) is 11.5 Å². The van der Waals surface area contributed by atoms with Crippen LogP contribution in [-0.2, 0) is 16.9 Å². The van der Waals surface area contributed by atoms with Crippen LogP contribution in [0.3, 0.4) is 0 Å². The number of benzene rings is 2. The minimum Gasteiger partial charge on any atom is -0.457 e. The van der Waals surface area contributed by atoms with Crippen molar-refractivity contribution >= 4 is 43.0 Å². The summed E-state index contributed by atoms with van der Waals surface area (Å²) in [4.78, 5) is 12.9. The first-order chi connectivity index (χ1) is 13.8. The van der Waals surface area contributed by atoms with E-state index in [-0.39, 0.29) is 10.8 Å². The number of amides is 1. The number of thiophene rings is 1. The Morgan fingerprint density at radius 3 is 2.55 bits per heavy atom. The van der Waals surface area contributed by atoms with E-state index in [0.29, 0.717) is 22.9 Å². The third-order valence-corrected chi connectivity index (χ3v) is 6.22. The van der Waals surface area contributed by atoms with Crippen LogP contribution in [0.15, 0.2) is 65.0 Å². The number of carbonyl (C=O) groups is 1. The number of fused-ring (bicyclic) bond motifs is 1. The van der Waals surface area contributed by atoms with E-state index in [0.717, 1.165) is 16.3 Å². The van der Waals surface area contributed by atoms with Gasteiger partial charge in [0.2, 0.25) is 0 Å². The summed E-state index contributed by atoms with van der Waals surface area (Å²) in [6.07, 6.45) is 2.90. The van der Waals surface area contributed by atoms with Gasteiger partial charge in [-0.1, -0.05) is 0 Å². The predicted octanol–water partition coefficient (Wildman–Crippen LogP) is 4.08. The molecule has 0 aliphatic heterocycles. The average Bonchev–Trinajstić information content (AvgIpc) is 3.30. The Kier molecular flexibility index (Phi) is 4.85. The van der Waals surface area contributed by atoms with Crippen LogP contribution in [0.4, 0.5) is 5.82 Å². The molecule has 0 spiro atoms. The molecule has 2 aromatic carbocycles. The van der Waals surface area contributed by atoms with Gasteiger partial charge in [0.25, 0.3) is 5.91 Å². The average molecular weight is 428 g/mol. The summed E-state index contributed by atoms with van der Waals surface area (Å²) in [7, 11) is -1.51. The Labute approximate surface area is 171 Å². The highest BCUT2D eigenvalue weighted by atomic mass is 32.2. The summed E-state index contributed by atoms with van der Waals surface area (Å²) < 4.78 is 31.7. The zero-order valence-electron chi connectivity index (χ0n) is 15.6. The number of anilines is 1. The van der Waals surface area contributed by atoms with Crippen LogP contribution < -0.4 is 10.1 Å². The summed E-state index contributed by atoms with van der Waals surface area (Å²) in [5, 5.41) is 9.71. The van der Waals surface area contributed by atoms with Gasteiger partial charge in [-0.05, 0) is 47.8 Å². The zero-order valence-corrected chi connectivity index (χ0v) is 17.3. The second kappa shape index (κ2) is 7.34. The number of hydrogen-bond donors (Lipinski definition) is 1. The third kappa shape index (κ3) is 4.15. The van der Waals surface area contributed by atoms with Crippen molar-refractivity contribution in [1.29, 1.82) is 0 Å². The number of rotatable bonds is 5. The van der Waals surface area contributed by atoms with E-state index in [4.69, 9.17) is 4.74 Å². The Morgan fingerprint density at radius 2 is 1.90 bits per heavy atom. The van der Waals surface area contributed by atoms with Crippen LogP contribution in [0, 0.1) is 0 Å². The van der Waals surface area contributed by atoms with Crippen LogP contribution in [0.5, 0.6) is 11.5 Å². The molecule has 2 aromatic heterocycles. The van der Waals surface area contributed by atoms with E-state index < -0.39 is 9.84 Å². The van der Waals surface area contributed by atoms with Gasteiger partial charge in [0.15, 0.2) is 15.7 Å². The highest BCUT2D eigenvalue weighted by molar-refractivity contribution is 7.90. The first-order valence-electron chi connectivity index (χ1n) is 8.60. The lowest BCUT2D eigenvalue weighted by Gasteiger charge is -2.10. The molecule has 0 fully saturated rings. The monoisotopic (exact) mass is 427 g/mol. The summed E-state index contributed by atoms with van der Waals surface area (Å²) in [6.45, 7) is 0. The minimum atomic E-state index is -3.28.